The summed E-state index contributed by atoms with van der Waals surface area (Å²) in [5.74, 6) is 1.07. The molecule has 2 N–H and O–H groups in total. The average molecular weight is 257 g/mol. The van der Waals surface area contributed by atoms with E-state index in [0.717, 1.165) is 10.7 Å². The summed E-state index contributed by atoms with van der Waals surface area (Å²) in [5, 5.41) is 5.19. The van der Waals surface area contributed by atoms with Gasteiger partial charge in [0.25, 0.3) is 0 Å². The number of rotatable bonds is 3. The van der Waals surface area contributed by atoms with Crippen LogP contribution in [0.25, 0.3) is 11.0 Å². The highest BCUT2D eigenvalue weighted by molar-refractivity contribution is 9.09. The van der Waals surface area contributed by atoms with Crippen LogP contribution in [0.15, 0.2) is 22.7 Å². The number of fused-ring (bicyclic) bond motifs is 1. The average Bonchev–Trinajstić information content (AvgIpc) is 2.58. The third-order valence-corrected chi connectivity index (χ3v) is 2.14. The van der Waals surface area contributed by atoms with Crippen LogP contribution in [0.5, 0.6) is 5.75 Å². The summed E-state index contributed by atoms with van der Waals surface area (Å²) >= 11 is 3.28. The van der Waals surface area contributed by atoms with E-state index in [1.54, 1.807) is 6.07 Å². The largest absolute Gasteiger partial charge is 0.492 e. The molecule has 2 rings (SSSR count). The van der Waals surface area contributed by atoms with E-state index in [4.69, 9.17) is 15.0 Å². The van der Waals surface area contributed by atoms with Crippen molar-refractivity contribution in [1.29, 1.82) is 0 Å². The Kier molecular flexibility index (Phi) is 2.58. The zero-order chi connectivity index (χ0) is 9.97. The third kappa shape index (κ3) is 1.55. The molecule has 0 aliphatic rings. The molecule has 0 saturated heterocycles. The van der Waals surface area contributed by atoms with Gasteiger partial charge in [-0.1, -0.05) is 27.2 Å². The van der Waals surface area contributed by atoms with Crippen LogP contribution >= 0.6 is 15.9 Å². The van der Waals surface area contributed by atoms with Gasteiger partial charge in [0.15, 0.2) is 11.4 Å². The molecule has 0 fully saturated rings. The molecule has 1 aromatic heterocycles. The van der Waals surface area contributed by atoms with Gasteiger partial charge >= 0.3 is 0 Å². The van der Waals surface area contributed by atoms with Crippen molar-refractivity contribution >= 4 is 32.7 Å². The number of hydrogen-bond acceptors (Lipinski definition) is 4. The maximum Gasteiger partial charge on any atom is 0.178 e. The summed E-state index contributed by atoms with van der Waals surface area (Å²) in [4.78, 5) is 0. The Bertz CT molecular complexity index is 441. The van der Waals surface area contributed by atoms with Crippen molar-refractivity contribution in [2.75, 3.05) is 17.7 Å². The fourth-order valence-electron chi connectivity index (χ4n) is 1.25. The molecule has 74 valence electrons. The summed E-state index contributed by atoms with van der Waals surface area (Å²) in [5.41, 5.74) is 6.30. The maximum absolute atomic E-state index is 5.65. The quantitative estimate of drug-likeness (QED) is 0.856. The second kappa shape index (κ2) is 3.88. The second-order valence-corrected chi connectivity index (χ2v) is 3.53. The zero-order valence-electron chi connectivity index (χ0n) is 7.37. The van der Waals surface area contributed by atoms with Gasteiger partial charge in [0.2, 0.25) is 0 Å². The lowest BCUT2D eigenvalue weighted by molar-refractivity contribution is 0.349. The zero-order valence-corrected chi connectivity index (χ0v) is 8.95. The van der Waals surface area contributed by atoms with Gasteiger partial charge in [-0.3, -0.25) is 0 Å². The van der Waals surface area contributed by atoms with E-state index in [2.05, 4.69) is 21.1 Å². The van der Waals surface area contributed by atoms with Crippen molar-refractivity contribution in [3.8, 4) is 5.75 Å². The molecular weight excluding hydrogens is 248 g/mol. The van der Waals surface area contributed by atoms with Crippen molar-refractivity contribution in [3.05, 3.63) is 18.2 Å². The van der Waals surface area contributed by atoms with Crippen molar-refractivity contribution in [2.24, 2.45) is 0 Å². The fraction of sp³-hybridized carbons (Fsp3) is 0.222. The summed E-state index contributed by atoms with van der Waals surface area (Å²) < 4.78 is 10.5. The molecule has 2 aromatic rings. The lowest BCUT2D eigenvalue weighted by Crippen LogP contribution is -1.98. The fourth-order valence-corrected chi connectivity index (χ4v) is 1.41. The number of aromatic nitrogens is 1. The third-order valence-electron chi connectivity index (χ3n) is 1.82. The van der Waals surface area contributed by atoms with Gasteiger partial charge in [-0.2, -0.15) is 0 Å². The highest BCUT2D eigenvalue weighted by Gasteiger charge is 2.10. The Hall–Kier alpha value is -1.23. The van der Waals surface area contributed by atoms with Crippen LogP contribution in [0.3, 0.4) is 0 Å². The topological polar surface area (TPSA) is 61.3 Å². The lowest BCUT2D eigenvalue weighted by atomic mass is 10.2. The predicted octanol–water partition coefficient (Wildman–Crippen LogP) is 2.18. The number of hydrogen-bond donors (Lipinski definition) is 1. The normalized spacial score (nSPS) is 10.6. The first kappa shape index (κ1) is 9.33. The summed E-state index contributed by atoms with van der Waals surface area (Å²) in [6, 6.07) is 5.49. The van der Waals surface area contributed by atoms with Crippen LogP contribution in [0, 0.1) is 0 Å². The Balaban J connectivity index is 2.46. The van der Waals surface area contributed by atoms with Gasteiger partial charge in [0.1, 0.15) is 11.1 Å². The van der Waals surface area contributed by atoms with Crippen LogP contribution in [-0.2, 0) is 0 Å². The van der Waals surface area contributed by atoms with Gasteiger partial charge in [-0.25, -0.2) is 0 Å². The second-order valence-electron chi connectivity index (χ2n) is 2.73. The molecule has 0 saturated carbocycles. The van der Waals surface area contributed by atoms with E-state index in [-0.39, 0.29) is 0 Å². The van der Waals surface area contributed by atoms with Gasteiger partial charge in [-0.15, -0.1) is 0 Å². The molecule has 0 aliphatic heterocycles. The molecule has 0 unspecified atom stereocenters. The predicted molar refractivity (Wildman–Crippen MR) is 57.7 cm³/mol. The van der Waals surface area contributed by atoms with Crippen LogP contribution in [0.1, 0.15) is 0 Å². The first-order valence-corrected chi connectivity index (χ1v) is 5.27. The van der Waals surface area contributed by atoms with Gasteiger partial charge in [0.05, 0.1) is 6.61 Å². The number of alkyl halides is 1. The van der Waals surface area contributed by atoms with Crippen molar-refractivity contribution in [3.63, 3.8) is 0 Å². The molecule has 0 amide bonds. The van der Waals surface area contributed by atoms with E-state index in [1.165, 1.54) is 0 Å². The standard InChI is InChI=1S/C9H9BrN2O2/c10-4-5-13-6-2-1-3-7-8(6)9(11)12-14-7/h1-3H,4-5H2,(H2,11,12). The van der Waals surface area contributed by atoms with Gasteiger partial charge in [-0.05, 0) is 12.1 Å². The number of nitrogen functional groups attached to an aromatic ring is 1. The molecule has 4 nitrogen and oxygen atoms in total. The van der Waals surface area contributed by atoms with E-state index >= 15 is 0 Å². The molecule has 1 aromatic carbocycles. The van der Waals surface area contributed by atoms with E-state index in [9.17, 15) is 0 Å². The molecule has 5 heteroatoms. The molecule has 1 heterocycles. The van der Waals surface area contributed by atoms with E-state index in [0.29, 0.717) is 23.8 Å². The van der Waals surface area contributed by atoms with Crippen molar-refractivity contribution < 1.29 is 9.26 Å². The van der Waals surface area contributed by atoms with Crippen molar-refractivity contribution in [2.45, 2.75) is 0 Å². The van der Waals surface area contributed by atoms with Crippen molar-refractivity contribution in [1.82, 2.24) is 5.16 Å². The number of anilines is 1. The Morgan fingerprint density at radius 2 is 2.36 bits per heavy atom. The first-order chi connectivity index (χ1) is 6.83. The highest BCUT2D eigenvalue weighted by Crippen LogP contribution is 2.30. The van der Waals surface area contributed by atoms with Crippen LogP contribution < -0.4 is 10.5 Å². The number of benzene rings is 1. The first-order valence-electron chi connectivity index (χ1n) is 4.15. The Labute approximate surface area is 89.1 Å². The lowest BCUT2D eigenvalue weighted by Gasteiger charge is -2.03. The van der Waals surface area contributed by atoms with Crippen LogP contribution in [0.2, 0.25) is 0 Å². The number of ether oxygens (including phenoxy) is 1. The summed E-state index contributed by atoms with van der Waals surface area (Å²) in [7, 11) is 0. The summed E-state index contributed by atoms with van der Waals surface area (Å²) in [6.45, 7) is 0.587. The van der Waals surface area contributed by atoms with Gasteiger partial charge in [0, 0.05) is 5.33 Å². The molecule has 0 atom stereocenters. The summed E-state index contributed by atoms with van der Waals surface area (Å²) in [6.07, 6.45) is 0. The monoisotopic (exact) mass is 256 g/mol. The molecular formula is C9H9BrN2O2. The molecule has 0 bridgehead atoms. The minimum atomic E-state index is 0.366. The SMILES string of the molecule is Nc1noc2cccc(OCCBr)c12. The Morgan fingerprint density at radius 3 is 3.14 bits per heavy atom. The molecule has 14 heavy (non-hydrogen) atoms. The Morgan fingerprint density at radius 1 is 1.50 bits per heavy atom. The number of halogens is 1. The molecule has 0 aliphatic carbocycles. The highest BCUT2D eigenvalue weighted by atomic mass is 79.9. The van der Waals surface area contributed by atoms with E-state index in [1.807, 2.05) is 12.1 Å². The minimum absolute atomic E-state index is 0.366. The number of nitrogens with two attached hydrogens (primary N) is 1. The van der Waals surface area contributed by atoms with E-state index < -0.39 is 0 Å². The smallest absolute Gasteiger partial charge is 0.178 e. The van der Waals surface area contributed by atoms with Gasteiger partial charge < -0.3 is 15.0 Å². The minimum Gasteiger partial charge on any atom is -0.492 e. The maximum atomic E-state index is 5.65. The molecule has 0 radical (unpaired) electrons. The van der Waals surface area contributed by atoms with Crippen LogP contribution in [0.4, 0.5) is 5.82 Å². The number of nitrogens with zero attached hydrogens (tertiary/aromatic N) is 1. The molecule has 0 spiro atoms. The van der Waals surface area contributed by atoms with Crippen LogP contribution in [-0.4, -0.2) is 17.1 Å².